The Bertz CT molecular complexity index is 843. The number of benzene rings is 2. The Morgan fingerprint density at radius 2 is 1.57 bits per heavy atom. The van der Waals surface area contributed by atoms with E-state index < -0.39 is 10.0 Å². The van der Waals surface area contributed by atoms with Gasteiger partial charge in [-0.1, -0.05) is 24.3 Å². The third kappa shape index (κ3) is 2.55. The number of hydrogen-bond donors (Lipinski definition) is 0. The molecule has 0 saturated heterocycles. The molecule has 2 aromatic carbocycles. The molecule has 0 spiro atoms. The molecule has 1 aliphatic heterocycles. The van der Waals surface area contributed by atoms with E-state index in [1.807, 2.05) is 52.0 Å². The van der Waals surface area contributed by atoms with Gasteiger partial charge in [0.15, 0.2) is 0 Å². The highest BCUT2D eigenvalue weighted by Crippen LogP contribution is 2.35. The first-order valence-electron chi connectivity index (χ1n) is 8.02. The maximum atomic E-state index is 13.4. The molecule has 122 valence electrons. The summed E-state index contributed by atoms with van der Waals surface area (Å²) in [5, 5.41) is 0. The summed E-state index contributed by atoms with van der Waals surface area (Å²) in [5.74, 6) is 0. The van der Waals surface area contributed by atoms with Crippen molar-refractivity contribution in [2.45, 2.75) is 45.4 Å². The van der Waals surface area contributed by atoms with Gasteiger partial charge in [0.25, 0.3) is 10.0 Å². The van der Waals surface area contributed by atoms with Crippen LogP contribution in [0.4, 0.5) is 5.69 Å². The Morgan fingerprint density at radius 1 is 0.957 bits per heavy atom. The van der Waals surface area contributed by atoms with Gasteiger partial charge in [-0.05, 0) is 74.4 Å². The predicted molar refractivity (Wildman–Crippen MR) is 94.7 cm³/mol. The first-order chi connectivity index (χ1) is 10.8. The topological polar surface area (TPSA) is 37.4 Å². The van der Waals surface area contributed by atoms with E-state index in [2.05, 4.69) is 6.07 Å². The molecule has 0 amide bonds. The van der Waals surface area contributed by atoms with Gasteiger partial charge in [-0.2, -0.15) is 0 Å². The second-order valence-corrected chi connectivity index (χ2v) is 8.20. The lowest BCUT2D eigenvalue weighted by Gasteiger charge is -2.32. The molecule has 1 aliphatic rings. The fourth-order valence-electron chi connectivity index (χ4n) is 3.43. The molecule has 0 bridgehead atoms. The zero-order valence-corrected chi connectivity index (χ0v) is 15.0. The molecule has 3 nitrogen and oxygen atoms in total. The molecule has 0 aromatic heterocycles. The number of para-hydroxylation sites is 1. The lowest BCUT2D eigenvalue weighted by atomic mass is 10.0. The van der Waals surface area contributed by atoms with Crippen LogP contribution in [0.3, 0.4) is 0 Å². The number of nitrogens with zero attached hydrogens (tertiary/aromatic N) is 1. The molecule has 0 aliphatic carbocycles. The van der Waals surface area contributed by atoms with Gasteiger partial charge < -0.3 is 0 Å². The molecule has 0 atom stereocenters. The van der Waals surface area contributed by atoms with E-state index in [-0.39, 0.29) is 0 Å². The highest BCUT2D eigenvalue weighted by Gasteiger charge is 2.32. The highest BCUT2D eigenvalue weighted by molar-refractivity contribution is 7.93. The predicted octanol–water partition coefficient (Wildman–Crippen LogP) is 4.06. The number of hydrogen-bond acceptors (Lipinski definition) is 2. The molecule has 23 heavy (non-hydrogen) atoms. The monoisotopic (exact) mass is 329 g/mol. The molecular weight excluding hydrogens is 306 g/mol. The largest absolute Gasteiger partial charge is 0.266 e. The van der Waals surface area contributed by atoms with Crippen LogP contribution in [-0.2, 0) is 16.4 Å². The fraction of sp³-hybridized carbons (Fsp3) is 0.368. The van der Waals surface area contributed by atoms with Crippen LogP contribution in [0, 0.1) is 27.7 Å². The smallest absolute Gasteiger partial charge is 0.264 e. The number of sulfonamides is 1. The summed E-state index contributed by atoms with van der Waals surface area (Å²) in [6.07, 6.45) is 1.80. The lowest BCUT2D eigenvalue weighted by molar-refractivity contribution is 0.585. The summed E-state index contributed by atoms with van der Waals surface area (Å²) in [6.45, 7) is 8.32. The first-order valence-corrected chi connectivity index (χ1v) is 9.46. The molecule has 1 heterocycles. The first kappa shape index (κ1) is 16.1. The molecule has 0 unspecified atom stereocenters. The minimum atomic E-state index is -3.55. The molecular formula is C19H23NO2S. The van der Waals surface area contributed by atoms with Crippen molar-refractivity contribution < 1.29 is 8.42 Å². The quantitative estimate of drug-likeness (QED) is 0.833. The minimum Gasteiger partial charge on any atom is -0.266 e. The van der Waals surface area contributed by atoms with Gasteiger partial charge in [-0.15, -0.1) is 0 Å². The van der Waals surface area contributed by atoms with Crippen LogP contribution in [0.2, 0.25) is 0 Å². The average Bonchev–Trinajstić information content (AvgIpc) is 2.52. The van der Waals surface area contributed by atoms with Gasteiger partial charge in [0.1, 0.15) is 0 Å². The Kier molecular flexibility index (Phi) is 3.96. The zero-order chi connectivity index (χ0) is 16.8. The van der Waals surface area contributed by atoms with Crippen molar-refractivity contribution in [2.75, 3.05) is 10.8 Å². The molecule has 3 rings (SSSR count). The molecule has 0 saturated carbocycles. The van der Waals surface area contributed by atoms with E-state index in [9.17, 15) is 8.42 Å². The van der Waals surface area contributed by atoms with Gasteiger partial charge in [0, 0.05) is 6.54 Å². The molecule has 4 heteroatoms. The average molecular weight is 329 g/mol. The Labute approximate surface area is 139 Å². The number of rotatable bonds is 2. The van der Waals surface area contributed by atoms with Crippen molar-refractivity contribution in [3.63, 3.8) is 0 Å². The molecule has 0 fully saturated rings. The summed E-state index contributed by atoms with van der Waals surface area (Å²) in [6, 6.07) is 9.89. The molecule has 0 radical (unpaired) electrons. The third-order valence-electron chi connectivity index (χ3n) is 4.91. The Hall–Kier alpha value is -1.81. The van der Waals surface area contributed by atoms with Crippen molar-refractivity contribution >= 4 is 15.7 Å². The maximum Gasteiger partial charge on any atom is 0.264 e. The van der Waals surface area contributed by atoms with Crippen molar-refractivity contribution in [1.82, 2.24) is 0 Å². The van der Waals surface area contributed by atoms with Crippen LogP contribution in [0.15, 0.2) is 35.2 Å². The highest BCUT2D eigenvalue weighted by atomic mass is 32.2. The standard InChI is InChI=1S/C19H23NO2S/c1-13-12-14(2)16(4)19(15(13)3)23(21,22)20-11-7-9-17-8-5-6-10-18(17)20/h5-6,8,10,12H,7,9,11H2,1-4H3. The lowest BCUT2D eigenvalue weighted by Crippen LogP contribution is -2.36. The molecule has 2 aromatic rings. The van der Waals surface area contributed by atoms with Gasteiger partial charge >= 0.3 is 0 Å². The summed E-state index contributed by atoms with van der Waals surface area (Å²) >= 11 is 0. The van der Waals surface area contributed by atoms with Crippen LogP contribution in [0.1, 0.15) is 34.2 Å². The van der Waals surface area contributed by atoms with Crippen LogP contribution in [0.25, 0.3) is 0 Å². The second kappa shape index (κ2) is 5.68. The fourth-order valence-corrected chi connectivity index (χ4v) is 5.55. The number of fused-ring (bicyclic) bond motifs is 1. The van der Waals surface area contributed by atoms with Crippen molar-refractivity contribution in [2.24, 2.45) is 0 Å². The van der Waals surface area contributed by atoms with Crippen molar-refractivity contribution in [3.8, 4) is 0 Å². The van der Waals surface area contributed by atoms with Crippen molar-refractivity contribution in [3.05, 3.63) is 58.1 Å². The van der Waals surface area contributed by atoms with Gasteiger partial charge in [-0.3, -0.25) is 4.31 Å². The molecule has 0 N–H and O–H groups in total. The van der Waals surface area contributed by atoms with E-state index >= 15 is 0 Å². The minimum absolute atomic E-state index is 0.478. The maximum absolute atomic E-state index is 13.4. The SMILES string of the molecule is Cc1cc(C)c(C)c(S(=O)(=O)N2CCCc3ccccc32)c1C. The normalized spacial score (nSPS) is 14.7. The summed E-state index contributed by atoms with van der Waals surface area (Å²) in [7, 11) is -3.55. The van der Waals surface area contributed by atoms with Gasteiger partial charge in [-0.25, -0.2) is 8.42 Å². The third-order valence-corrected chi connectivity index (χ3v) is 7.00. The summed E-state index contributed by atoms with van der Waals surface area (Å²) in [5.41, 5.74) is 5.71. The number of aryl methyl sites for hydroxylation is 3. The summed E-state index contributed by atoms with van der Waals surface area (Å²) < 4.78 is 28.4. The van der Waals surface area contributed by atoms with E-state index in [0.717, 1.165) is 46.3 Å². The second-order valence-electron chi connectivity index (χ2n) is 6.40. The van der Waals surface area contributed by atoms with Crippen molar-refractivity contribution in [1.29, 1.82) is 0 Å². The van der Waals surface area contributed by atoms with Crippen LogP contribution in [0.5, 0.6) is 0 Å². The summed E-state index contributed by atoms with van der Waals surface area (Å²) in [4.78, 5) is 0.478. The Morgan fingerprint density at radius 3 is 2.22 bits per heavy atom. The number of anilines is 1. The zero-order valence-electron chi connectivity index (χ0n) is 14.2. The van der Waals surface area contributed by atoms with Crippen LogP contribution in [-0.4, -0.2) is 15.0 Å². The van der Waals surface area contributed by atoms with Crippen LogP contribution >= 0.6 is 0 Å². The van der Waals surface area contributed by atoms with Gasteiger partial charge in [0.05, 0.1) is 10.6 Å². The van der Waals surface area contributed by atoms with Crippen LogP contribution < -0.4 is 4.31 Å². The van der Waals surface area contributed by atoms with Gasteiger partial charge in [0.2, 0.25) is 0 Å². The van der Waals surface area contributed by atoms with E-state index in [1.54, 1.807) is 4.31 Å². The van der Waals surface area contributed by atoms with E-state index in [0.29, 0.717) is 11.4 Å². The van der Waals surface area contributed by atoms with E-state index in [4.69, 9.17) is 0 Å². The van der Waals surface area contributed by atoms with E-state index in [1.165, 1.54) is 0 Å². The Balaban J connectivity index is 2.23.